The minimum Gasteiger partial charge on any atom is -0.441 e. The van der Waals surface area contributed by atoms with Crippen LogP contribution in [-0.4, -0.2) is 35.9 Å². The van der Waals surface area contributed by atoms with Gasteiger partial charge in [-0.3, -0.25) is 4.79 Å². The standard InChI is InChI=1S/C23H25F2N3O2/c1-28(16-17-7-3-2-4-8-17)14-6-13-26-21(29)11-12-22-27-15-20(30-22)23-18(24)9-5-10-19(23)25/h2-5,7-10,15H,6,11-14,16H2,1H3,(H,26,29). The Morgan fingerprint density at radius 2 is 1.83 bits per heavy atom. The molecule has 1 amide bonds. The van der Waals surface area contributed by atoms with Crippen molar-refractivity contribution in [2.75, 3.05) is 20.1 Å². The zero-order chi connectivity index (χ0) is 21.3. The summed E-state index contributed by atoms with van der Waals surface area (Å²) in [6.45, 7) is 2.31. The van der Waals surface area contributed by atoms with Crippen LogP contribution in [0.3, 0.4) is 0 Å². The van der Waals surface area contributed by atoms with E-state index in [9.17, 15) is 13.6 Å². The summed E-state index contributed by atoms with van der Waals surface area (Å²) < 4.78 is 33.0. The van der Waals surface area contributed by atoms with Crippen molar-refractivity contribution in [3.05, 3.63) is 77.8 Å². The summed E-state index contributed by atoms with van der Waals surface area (Å²) in [4.78, 5) is 18.2. The van der Waals surface area contributed by atoms with Crippen LogP contribution in [-0.2, 0) is 17.8 Å². The highest BCUT2D eigenvalue weighted by molar-refractivity contribution is 5.76. The summed E-state index contributed by atoms with van der Waals surface area (Å²) in [5, 5.41) is 2.87. The van der Waals surface area contributed by atoms with E-state index in [1.54, 1.807) is 0 Å². The summed E-state index contributed by atoms with van der Waals surface area (Å²) in [5.41, 5.74) is 1.00. The lowest BCUT2D eigenvalue weighted by Crippen LogP contribution is -2.28. The van der Waals surface area contributed by atoms with Crippen LogP contribution >= 0.6 is 0 Å². The van der Waals surface area contributed by atoms with E-state index in [-0.39, 0.29) is 36.0 Å². The number of aromatic nitrogens is 1. The zero-order valence-corrected chi connectivity index (χ0v) is 16.9. The number of aryl methyl sites for hydroxylation is 1. The van der Waals surface area contributed by atoms with Gasteiger partial charge in [0.05, 0.1) is 11.8 Å². The molecule has 0 unspecified atom stereocenters. The second-order valence-electron chi connectivity index (χ2n) is 7.14. The molecule has 3 aromatic rings. The first-order chi connectivity index (χ1) is 14.5. The van der Waals surface area contributed by atoms with Crippen LogP contribution in [0.1, 0.15) is 24.3 Å². The largest absolute Gasteiger partial charge is 0.441 e. The molecule has 0 atom stereocenters. The first kappa shape index (κ1) is 21.6. The van der Waals surface area contributed by atoms with Gasteiger partial charge in [-0.2, -0.15) is 0 Å². The SMILES string of the molecule is CN(CCCNC(=O)CCc1ncc(-c2c(F)cccc2F)o1)Cc1ccccc1. The number of hydrogen-bond donors (Lipinski definition) is 1. The fourth-order valence-corrected chi connectivity index (χ4v) is 3.13. The molecule has 1 N–H and O–H groups in total. The van der Waals surface area contributed by atoms with Gasteiger partial charge in [-0.25, -0.2) is 13.8 Å². The molecular weight excluding hydrogens is 388 g/mol. The predicted molar refractivity (Wildman–Crippen MR) is 111 cm³/mol. The number of nitrogens with one attached hydrogen (secondary N) is 1. The van der Waals surface area contributed by atoms with Crippen molar-refractivity contribution >= 4 is 5.91 Å². The Bertz CT molecular complexity index is 940. The summed E-state index contributed by atoms with van der Waals surface area (Å²) in [6, 6.07) is 13.8. The number of hydrogen-bond acceptors (Lipinski definition) is 4. The Labute approximate surface area is 174 Å². The van der Waals surface area contributed by atoms with Crippen molar-refractivity contribution < 1.29 is 18.0 Å². The maximum Gasteiger partial charge on any atom is 0.220 e. The van der Waals surface area contributed by atoms with E-state index >= 15 is 0 Å². The number of oxazole rings is 1. The molecule has 0 radical (unpaired) electrons. The smallest absolute Gasteiger partial charge is 0.220 e. The average Bonchev–Trinajstić information content (AvgIpc) is 3.19. The zero-order valence-electron chi connectivity index (χ0n) is 16.9. The van der Waals surface area contributed by atoms with Gasteiger partial charge < -0.3 is 14.6 Å². The highest BCUT2D eigenvalue weighted by Gasteiger charge is 2.16. The van der Waals surface area contributed by atoms with Crippen LogP contribution in [0.5, 0.6) is 0 Å². The molecule has 0 aliphatic carbocycles. The number of carbonyl (C=O) groups is 1. The van der Waals surface area contributed by atoms with Crippen molar-refractivity contribution in [3.8, 4) is 11.3 Å². The van der Waals surface area contributed by atoms with Gasteiger partial charge in [-0.05, 0) is 37.7 Å². The van der Waals surface area contributed by atoms with E-state index in [0.717, 1.165) is 31.6 Å². The Hall–Kier alpha value is -3.06. The van der Waals surface area contributed by atoms with Gasteiger partial charge >= 0.3 is 0 Å². The van der Waals surface area contributed by atoms with E-state index in [1.165, 1.54) is 17.8 Å². The molecule has 0 aliphatic rings. The summed E-state index contributed by atoms with van der Waals surface area (Å²) in [5.74, 6) is -1.26. The fourth-order valence-electron chi connectivity index (χ4n) is 3.13. The maximum absolute atomic E-state index is 13.8. The molecule has 30 heavy (non-hydrogen) atoms. The molecule has 7 heteroatoms. The van der Waals surface area contributed by atoms with E-state index < -0.39 is 11.6 Å². The van der Waals surface area contributed by atoms with Crippen molar-refractivity contribution in [2.24, 2.45) is 0 Å². The highest BCUT2D eigenvalue weighted by Crippen LogP contribution is 2.26. The molecule has 2 aromatic carbocycles. The first-order valence-corrected chi connectivity index (χ1v) is 9.91. The lowest BCUT2D eigenvalue weighted by molar-refractivity contribution is -0.121. The second kappa shape index (κ2) is 10.6. The number of nitrogens with zero attached hydrogens (tertiary/aromatic N) is 2. The monoisotopic (exact) mass is 413 g/mol. The number of rotatable bonds is 10. The van der Waals surface area contributed by atoms with Gasteiger partial charge in [0.25, 0.3) is 0 Å². The Morgan fingerprint density at radius 1 is 1.10 bits per heavy atom. The third kappa shape index (κ3) is 6.22. The molecule has 1 heterocycles. The quantitative estimate of drug-likeness (QED) is 0.507. The van der Waals surface area contributed by atoms with E-state index in [2.05, 4.69) is 27.3 Å². The molecule has 0 bridgehead atoms. The van der Waals surface area contributed by atoms with Gasteiger partial charge in [-0.1, -0.05) is 36.4 Å². The Balaban J connectivity index is 1.37. The lowest BCUT2D eigenvalue weighted by Gasteiger charge is -2.16. The minimum atomic E-state index is -0.715. The van der Waals surface area contributed by atoms with Crippen LogP contribution in [0.15, 0.2) is 59.1 Å². The molecule has 1 aromatic heterocycles. The molecule has 158 valence electrons. The van der Waals surface area contributed by atoms with Gasteiger partial charge in [0, 0.05) is 25.9 Å². The van der Waals surface area contributed by atoms with Crippen molar-refractivity contribution in [1.82, 2.24) is 15.2 Å². The van der Waals surface area contributed by atoms with Gasteiger partial charge in [0.15, 0.2) is 11.7 Å². The lowest BCUT2D eigenvalue weighted by atomic mass is 10.1. The maximum atomic E-state index is 13.8. The van der Waals surface area contributed by atoms with Crippen LogP contribution in [0.25, 0.3) is 11.3 Å². The second-order valence-corrected chi connectivity index (χ2v) is 7.14. The molecule has 0 fully saturated rings. The number of benzene rings is 2. The average molecular weight is 413 g/mol. The van der Waals surface area contributed by atoms with E-state index in [1.807, 2.05) is 25.2 Å². The molecule has 5 nitrogen and oxygen atoms in total. The number of carbonyl (C=O) groups excluding carboxylic acids is 1. The van der Waals surface area contributed by atoms with Gasteiger partial charge in [0.1, 0.15) is 11.6 Å². The highest BCUT2D eigenvalue weighted by atomic mass is 19.1. The van der Waals surface area contributed by atoms with Crippen LogP contribution in [0.2, 0.25) is 0 Å². The van der Waals surface area contributed by atoms with E-state index in [0.29, 0.717) is 6.54 Å². The van der Waals surface area contributed by atoms with Crippen LogP contribution in [0, 0.1) is 11.6 Å². The molecule has 0 saturated heterocycles. The third-order valence-corrected chi connectivity index (χ3v) is 4.66. The van der Waals surface area contributed by atoms with Crippen LogP contribution < -0.4 is 5.32 Å². The summed E-state index contributed by atoms with van der Waals surface area (Å²) in [7, 11) is 2.05. The minimum absolute atomic E-state index is 0.0162. The predicted octanol–water partition coefficient (Wildman–Crippen LogP) is 4.19. The number of amides is 1. The normalized spacial score (nSPS) is 11.1. The molecule has 0 saturated carbocycles. The molecule has 0 spiro atoms. The Morgan fingerprint density at radius 3 is 2.57 bits per heavy atom. The molecule has 0 aliphatic heterocycles. The summed E-state index contributed by atoms with van der Waals surface area (Å²) >= 11 is 0. The molecule has 3 rings (SSSR count). The molecular formula is C23H25F2N3O2. The van der Waals surface area contributed by atoms with Crippen LogP contribution in [0.4, 0.5) is 8.78 Å². The van der Waals surface area contributed by atoms with Crippen molar-refractivity contribution in [1.29, 1.82) is 0 Å². The van der Waals surface area contributed by atoms with Gasteiger partial charge in [-0.15, -0.1) is 0 Å². The van der Waals surface area contributed by atoms with Crippen molar-refractivity contribution in [3.63, 3.8) is 0 Å². The summed E-state index contributed by atoms with van der Waals surface area (Å²) in [6.07, 6.45) is 2.57. The first-order valence-electron chi connectivity index (χ1n) is 9.91. The Kier molecular flexibility index (Phi) is 7.68. The topological polar surface area (TPSA) is 58.4 Å². The third-order valence-electron chi connectivity index (χ3n) is 4.66. The number of halogens is 2. The van der Waals surface area contributed by atoms with E-state index in [4.69, 9.17) is 4.42 Å². The van der Waals surface area contributed by atoms with Gasteiger partial charge in [0.2, 0.25) is 5.91 Å². The van der Waals surface area contributed by atoms with Crippen molar-refractivity contribution in [2.45, 2.75) is 25.8 Å². The fraction of sp³-hybridized carbons (Fsp3) is 0.304.